The van der Waals surface area contributed by atoms with Crippen LogP contribution in [0.15, 0.2) is 64.5 Å². The number of imidazole rings is 1. The Balaban J connectivity index is 1.29. The Morgan fingerprint density at radius 2 is 2.13 bits per heavy atom. The van der Waals surface area contributed by atoms with Crippen LogP contribution in [0.25, 0.3) is 16.9 Å². The molecule has 158 valence electrons. The number of nitrogens with one attached hydrogen (secondary N) is 1. The van der Waals surface area contributed by atoms with Crippen molar-refractivity contribution in [1.82, 2.24) is 24.4 Å². The summed E-state index contributed by atoms with van der Waals surface area (Å²) in [7, 11) is 0. The molecule has 0 saturated heterocycles. The monoisotopic (exact) mass is 422 g/mol. The van der Waals surface area contributed by atoms with Gasteiger partial charge in [0.05, 0.1) is 16.5 Å². The number of benzene rings is 1. The van der Waals surface area contributed by atoms with Crippen molar-refractivity contribution in [3.63, 3.8) is 0 Å². The van der Waals surface area contributed by atoms with Crippen LogP contribution < -0.4 is 11.1 Å². The number of amides is 1. The zero-order chi connectivity index (χ0) is 21.8. The van der Waals surface area contributed by atoms with E-state index in [1.165, 1.54) is 22.8 Å². The topological polar surface area (TPSA) is 138 Å². The summed E-state index contributed by atoms with van der Waals surface area (Å²) in [6, 6.07) is 7.71. The van der Waals surface area contributed by atoms with E-state index >= 15 is 0 Å². The fourth-order valence-electron chi connectivity index (χ4n) is 3.14. The number of oxazole rings is 1. The van der Waals surface area contributed by atoms with E-state index < -0.39 is 10.7 Å². The molecule has 0 aliphatic carbocycles. The maximum atomic E-state index is 12.1. The number of carbonyl (C=O) groups excluding carboxylic acids is 1. The van der Waals surface area contributed by atoms with Gasteiger partial charge in [-0.25, -0.2) is 14.8 Å². The summed E-state index contributed by atoms with van der Waals surface area (Å²) in [5, 5.41) is 13.7. The molecule has 0 bridgehead atoms. The lowest BCUT2D eigenvalue weighted by Gasteiger charge is -2.07. The zero-order valence-electron chi connectivity index (χ0n) is 16.3. The third-order valence-corrected chi connectivity index (χ3v) is 4.72. The minimum Gasteiger partial charge on any atom is -0.407 e. The van der Waals surface area contributed by atoms with Crippen molar-refractivity contribution in [2.75, 3.05) is 0 Å². The lowest BCUT2D eigenvalue weighted by Crippen LogP contribution is -2.23. The van der Waals surface area contributed by atoms with Gasteiger partial charge in [-0.3, -0.25) is 24.0 Å². The number of rotatable bonds is 8. The van der Waals surface area contributed by atoms with E-state index in [2.05, 4.69) is 15.3 Å². The molecular weight excluding hydrogens is 404 g/mol. The highest BCUT2D eigenvalue weighted by molar-refractivity contribution is 5.76. The molecule has 1 aromatic carbocycles. The SMILES string of the molecule is O=C(CCCn1c(=O)oc2cc([N+](=O)[O-])ccc21)NCc1ccc(-n2ccnc2)nc1. The summed E-state index contributed by atoms with van der Waals surface area (Å²) < 4.78 is 8.22. The molecule has 3 aromatic heterocycles. The summed E-state index contributed by atoms with van der Waals surface area (Å²) in [6.45, 7) is 0.604. The Morgan fingerprint density at radius 1 is 1.26 bits per heavy atom. The van der Waals surface area contributed by atoms with Gasteiger partial charge in [-0.15, -0.1) is 0 Å². The maximum Gasteiger partial charge on any atom is 0.419 e. The second-order valence-corrected chi connectivity index (χ2v) is 6.80. The van der Waals surface area contributed by atoms with Gasteiger partial charge in [-0.05, 0) is 24.1 Å². The van der Waals surface area contributed by atoms with Crippen molar-refractivity contribution < 1.29 is 14.1 Å². The molecule has 1 amide bonds. The summed E-state index contributed by atoms with van der Waals surface area (Å²) in [5.74, 6) is -0.0363. The number of aromatic nitrogens is 4. The molecule has 0 atom stereocenters. The average Bonchev–Trinajstić information content (AvgIpc) is 3.40. The highest BCUT2D eigenvalue weighted by Gasteiger charge is 2.14. The van der Waals surface area contributed by atoms with E-state index in [9.17, 15) is 19.7 Å². The molecule has 11 nitrogen and oxygen atoms in total. The highest BCUT2D eigenvalue weighted by atomic mass is 16.6. The van der Waals surface area contributed by atoms with Gasteiger partial charge in [-0.1, -0.05) is 6.07 Å². The molecule has 0 radical (unpaired) electrons. The van der Waals surface area contributed by atoms with Crippen LogP contribution in [0, 0.1) is 10.1 Å². The van der Waals surface area contributed by atoms with Gasteiger partial charge in [0.1, 0.15) is 12.1 Å². The molecule has 11 heteroatoms. The van der Waals surface area contributed by atoms with Crippen LogP contribution in [-0.4, -0.2) is 29.9 Å². The van der Waals surface area contributed by atoms with E-state index in [1.54, 1.807) is 29.5 Å². The molecule has 3 heterocycles. The molecule has 4 rings (SSSR count). The molecule has 0 fully saturated rings. The molecule has 31 heavy (non-hydrogen) atoms. The Hall–Kier alpha value is -4.28. The van der Waals surface area contributed by atoms with E-state index in [0.29, 0.717) is 18.5 Å². The standard InChI is InChI=1S/C20H18N6O5/c27-19(23-12-14-3-6-18(22-11-14)24-9-7-21-13-24)2-1-8-25-16-5-4-15(26(29)30)10-17(16)31-20(25)28/h3-7,9-11,13H,1-2,8,12H2,(H,23,27). The number of pyridine rings is 1. The smallest absolute Gasteiger partial charge is 0.407 e. The summed E-state index contributed by atoms with van der Waals surface area (Å²) in [5.41, 5.74) is 1.31. The predicted molar refractivity (Wildman–Crippen MR) is 110 cm³/mol. The summed E-state index contributed by atoms with van der Waals surface area (Å²) in [6.07, 6.45) is 7.42. The number of nitro benzene ring substituents is 1. The third kappa shape index (κ3) is 4.50. The lowest BCUT2D eigenvalue weighted by molar-refractivity contribution is -0.384. The molecule has 0 unspecified atom stereocenters. The van der Waals surface area contributed by atoms with E-state index in [0.717, 1.165) is 11.4 Å². The number of fused-ring (bicyclic) bond motifs is 1. The predicted octanol–water partition coefficient (Wildman–Crippen LogP) is 2.18. The van der Waals surface area contributed by atoms with Crippen molar-refractivity contribution in [1.29, 1.82) is 0 Å². The number of aryl methyl sites for hydroxylation is 1. The molecule has 1 N–H and O–H groups in total. The third-order valence-electron chi connectivity index (χ3n) is 4.72. The maximum absolute atomic E-state index is 12.1. The van der Waals surface area contributed by atoms with Crippen LogP contribution in [0.4, 0.5) is 5.69 Å². The van der Waals surface area contributed by atoms with Crippen LogP contribution in [0.5, 0.6) is 0 Å². The first-order valence-electron chi connectivity index (χ1n) is 9.49. The van der Waals surface area contributed by atoms with Gasteiger partial charge in [0.2, 0.25) is 5.91 Å². The molecule has 0 saturated carbocycles. The summed E-state index contributed by atoms with van der Waals surface area (Å²) in [4.78, 5) is 42.8. The van der Waals surface area contributed by atoms with Crippen molar-refractivity contribution >= 4 is 22.7 Å². The molecular formula is C20H18N6O5. The lowest BCUT2D eigenvalue weighted by atomic mass is 10.2. The van der Waals surface area contributed by atoms with Crippen LogP contribution in [0.3, 0.4) is 0 Å². The fourth-order valence-corrected chi connectivity index (χ4v) is 3.14. The van der Waals surface area contributed by atoms with Gasteiger partial charge in [0.15, 0.2) is 5.58 Å². The normalized spacial score (nSPS) is 11.0. The molecule has 4 aromatic rings. The van der Waals surface area contributed by atoms with Crippen LogP contribution in [0.1, 0.15) is 18.4 Å². The van der Waals surface area contributed by atoms with Crippen molar-refractivity contribution in [2.24, 2.45) is 0 Å². The Labute approximate surface area is 175 Å². The quantitative estimate of drug-likeness (QED) is 0.339. The molecule has 0 spiro atoms. The molecule has 0 aliphatic heterocycles. The Bertz CT molecular complexity index is 1270. The van der Waals surface area contributed by atoms with Crippen LogP contribution in [0.2, 0.25) is 0 Å². The second kappa shape index (κ2) is 8.61. The average molecular weight is 422 g/mol. The molecule has 0 aliphatic rings. The van der Waals surface area contributed by atoms with Crippen molar-refractivity contribution in [3.8, 4) is 5.82 Å². The van der Waals surface area contributed by atoms with Gasteiger partial charge in [-0.2, -0.15) is 0 Å². The number of non-ortho nitro benzene ring substituents is 1. The second-order valence-electron chi connectivity index (χ2n) is 6.80. The van der Waals surface area contributed by atoms with Gasteiger partial charge in [0, 0.05) is 44.2 Å². The first-order chi connectivity index (χ1) is 15.0. The minimum absolute atomic E-state index is 0.148. The van der Waals surface area contributed by atoms with E-state index in [4.69, 9.17) is 4.42 Å². The van der Waals surface area contributed by atoms with Gasteiger partial charge >= 0.3 is 5.76 Å². The largest absolute Gasteiger partial charge is 0.419 e. The number of nitrogens with zero attached hydrogens (tertiary/aromatic N) is 5. The van der Waals surface area contributed by atoms with E-state index in [1.807, 2.05) is 12.1 Å². The number of hydrogen-bond acceptors (Lipinski definition) is 7. The number of hydrogen-bond donors (Lipinski definition) is 1. The minimum atomic E-state index is -0.611. The Kier molecular flexibility index (Phi) is 5.56. The first kappa shape index (κ1) is 20.0. The van der Waals surface area contributed by atoms with E-state index in [-0.39, 0.29) is 30.1 Å². The number of carbonyl (C=O) groups is 1. The Morgan fingerprint density at radius 3 is 2.84 bits per heavy atom. The van der Waals surface area contributed by atoms with Crippen molar-refractivity contribution in [2.45, 2.75) is 25.9 Å². The number of nitro groups is 1. The van der Waals surface area contributed by atoms with Gasteiger partial charge < -0.3 is 9.73 Å². The van der Waals surface area contributed by atoms with Crippen LogP contribution in [-0.2, 0) is 17.9 Å². The zero-order valence-corrected chi connectivity index (χ0v) is 16.3. The van der Waals surface area contributed by atoms with Crippen molar-refractivity contribution in [3.05, 3.63) is 81.5 Å². The van der Waals surface area contributed by atoms with Gasteiger partial charge in [0.25, 0.3) is 5.69 Å². The first-order valence-corrected chi connectivity index (χ1v) is 9.49. The fraction of sp³-hybridized carbons (Fsp3) is 0.200. The van der Waals surface area contributed by atoms with Crippen LogP contribution >= 0.6 is 0 Å². The summed E-state index contributed by atoms with van der Waals surface area (Å²) >= 11 is 0. The highest BCUT2D eigenvalue weighted by Crippen LogP contribution is 2.20.